The first kappa shape index (κ1) is 20.8. The largest absolute Gasteiger partial charge is 0.326 e. The molecule has 8 heteroatoms. The van der Waals surface area contributed by atoms with Gasteiger partial charge in [0, 0.05) is 17.1 Å². The molecule has 2 N–H and O–H groups in total. The van der Waals surface area contributed by atoms with Gasteiger partial charge in [-0.05, 0) is 54.4 Å². The molecule has 1 amide bonds. The third-order valence-electron chi connectivity index (χ3n) is 4.15. The van der Waals surface area contributed by atoms with Crippen LogP contribution >= 0.6 is 11.6 Å². The highest BCUT2D eigenvalue weighted by Gasteiger charge is 2.16. The second kappa shape index (κ2) is 9.07. The molecule has 3 aromatic rings. The highest BCUT2D eigenvalue weighted by molar-refractivity contribution is 7.92. The summed E-state index contributed by atoms with van der Waals surface area (Å²) >= 11 is 6.08. The molecule has 0 aromatic heterocycles. The van der Waals surface area contributed by atoms with Gasteiger partial charge in [-0.3, -0.25) is 9.52 Å². The molecule has 3 rings (SSSR count). The number of anilines is 2. The van der Waals surface area contributed by atoms with Crippen LogP contribution in [0.25, 0.3) is 0 Å². The smallest absolute Gasteiger partial charge is 0.261 e. The fourth-order valence-corrected chi connectivity index (χ4v) is 3.94. The highest BCUT2D eigenvalue weighted by Crippen LogP contribution is 2.21. The molecule has 0 saturated heterocycles. The molecule has 150 valence electrons. The minimum Gasteiger partial charge on any atom is -0.326 e. The molecule has 0 radical (unpaired) electrons. The van der Waals surface area contributed by atoms with Crippen LogP contribution in [-0.4, -0.2) is 14.3 Å². The molecule has 0 heterocycles. The Hall–Kier alpha value is -2.90. The summed E-state index contributed by atoms with van der Waals surface area (Å²) in [6, 6.07) is 18.4. The van der Waals surface area contributed by atoms with E-state index in [0.29, 0.717) is 17.1 Å². The van der Waals surface area contributed by atoms with E-state index < -0.39 is 15.8 Å². The first-order valence-electron chi connectivity index (χ1n) is 8.76. The zero-order valence-corrected chi connectivity index (χ0v) is 16.8. The Morgan fingerprint density at radius 3 is 2.28 bits per heavy atom. The van der Waals surface area contributed by atoms with Crippen molar-refractivity contribution >= 4 is 38.9 Å². The number of para-hydroxylation sites is 1. The molecule has 29 heavy (non-hydrogen) atoms. The molecule has 0 atom stereocenters. The Labute approximate surface area is 173 Å². The molecule has 0 aliphatic heterocycles. The van der Waals surface area contributed by atoms with Crippen molar-refractivity contribution < 1.29 is 17.6 Å². The zero-order valence-electron chi connectivity index (χ0n) is 15.2. The number of amides is 1. The van der Waals surface area contributed by atoms with Crippen LogP contribution < -0.4 is 10.0 Å². The van der Waals surface area contributed by atoms with Crippen molar-refractivity contribution in [3.05, 3.63) is 89.2 Å². The molecule has 3 aromatic carbocycles. The fourth-order valence-electron chi connectivity index (χ4n) is 2.64. The lowest BCUT2D eigenvalue weighted by Gasteiger charge is -2.10. The summed E-state index contributed by atoms with van der Waals surface area (Å²) < 4.78 is 40.7. The summed E-state index contributed by atoms with van der Waals surface area (Å²) in [6.07, 6.45) is 0.725. The molecule has 5 nitrogen and oxygen atoms in total. The number of sulfonamides is 1. The van der Waals surface area contributed by atoms with E-state index in [2.05, 4.69) is 10.0 Å². The van der Waals surface area contributed by atoms with E-state index in [1.165, 1.54) is 48.5 Å². The zero-order chi connectivity index (χ0) is 20.9. The summed E-state index contributed by atoms with van der Waals surface area (Å²) in [4.78, 5) is 12.1. The Morgan fingerprint density at radius 2 is 1.59 bits per heavy atom. The third kappa shape index (κ3) is 5.56. The van der Waals surface area contributed by atoms with E-state index in [0.717, 1.165) is 5.56 Å². The van der Waals surface area contributed by atoms with E-state index in [1.807, 2.05) is 18.2 Å². The topological polar surface area (TPSA) is 75.3 Å². The van der Waals surface area contributed by atoms with Crippen molar-refractivity contribution in [2.75, 3.05) is 10.0 Å². The van der Waals surface area contributed by atoms with Crippen molar-refractivity contribution in [2.45, 2.75) is 17.7 Å². The Bertz CT molecular complexity index is 1120. The van der Waals surface area contributed by atoms with E-state index in [-0.39, 0.29) is 22.9 Å². The maximum Gasteiger partial charge on any atom is 0.261 e. The number of halogens is 2. The lowest BCUT2D eigenvalue weighted by molar-refractivity contribution is -0.116. The summed E-state index contributed by atoms with van der Waals surface area (Å²) in [7, 11) is -3.95. The predicted molar refractivity (Wildman–Crippen MR) is 112 cm³/mol. The Balaban J connectivity index is 1.61. The minimum absolute atomic E-state index is 0.0465. The van der Waals surface area contributed by atoms with Gasteiger partial charge in [-0.2, -0.15) is 0 Å². The van der Waals surface area contributed by atoms with Crippen LogP contribution in [0.15, 0.2) is 77.7 Å². The normalized spacial score (nSPS) is 11.1. The number of rotatable bonds is 7. The van der Waals surface area contributed by atoms with Crippen LogP contribution in [0.5, 0.6) is 0 Å². The average Bonchev–Trinajstić information content (AvgIpc) is 2.69. The van der Waals surface area contributed by atoms with Crippen LogP contribution in [0, 0.1) is 5.82 Å². The molecular formula is C21H18ClFN2O3S. The number of carbonyl (C=O) groups is 1. The van der Waals surface area contributed by atoms with E-state index in [4.69, 9.17) is 11.6 Å². The summed E-state index contributed by atoms with van der Waals surface area (Å²) in [6.45, 7) is 0. The number of benzene rings is 3. The lowest BCUT2D eigenvalue weighted by Crippen LogP contribution is -2.15. The van der Waals surface area contributed by atoms with Crippen LogP contribution in [0.4, 0.5) is 15.8 Å². The number of hydrogen-bond acceptors (Lipinski definition) is 3. The molecule has 0 saturated carbocycles. The fraction of sp³-hybridized carbons (Fsp3) is 0.0952. The number of nitrogens with one attached hydrogen (secondary N) is 2. The van der Waals surface area contributed by atoms with Gasteiger partial charge in [-0.15, -0.1) is 0 Å². The van der Waals surface area contributed by atoms with Crippen LogP contribution in [0.1, 0.15) is 12.0 Å². The van der Waals surface area contributed by atoms with Gasteiger partial charge in [0.15, 0.2) is 0 Å². The molecule has 0 unspecified atom stereocenters. The van der Waals surface area contributed by atoms with Gasteiger partial charge in [0.05, 0.1) is 10.6 Å². The van der Waals surface area contributed by atoms with Gasteiger partial charge < -0.3 is 5.32 Å². The van der Waals surface area contributed by atoms with Crippen molar-refractivity contribution in [1.29, 1.82) is 0 Å². The predicted octanol–water partition coefficient (Wildman–Crippen LogP) is 4.85. The van der Waals surface area contributed by atoms with Crippen LogP contribution in [0.2, 0.25) is 5.02 Å². The molecule has 0 aliphatic rings. The standard InChI is InChI=1S/C21H18ClFN2O3S/c22-18-6-2-1-5-15(18)9-14-21(26)24-16-10-12-17(13-11-16)29(27,28)25-20-8-4-3-7-19(20)23/h1-8,10-13,25H,9,14H2,(H,24,26). The SMILES string of the molecule is O=C(CCc1ccccc1Cl)Nc1ccc(S(=O)(=O)Nc2ccccc2F)cc1. The van der Waals surface area contributed by atoms with Crippen molar-refractivity contribution in [3.8, 4) is 0 Å². The van der Waals surface area contributed by atoms with Crippen molar-refractivity contribution in [2.24, 2.45) is 0 Å². The number of carbonyl (C=O) groups excluding carboxylic acids is 1. The Morgan fingerprint density at radius 1 is 0.931 bits per heavy atom. The number of hydrogen-bond donors (Lipinski definition) is 2. The van der Waals surface area contributed by atoms with E-state index in [1.54, 1.807) is 6.07 Å². The van der Waals surface area contributed by atoms with Gasteiger partial charge in [-0.25, -0.2) is 12.8 Å². The van der Waals surface area contributed by atoms with Gasteiger partial charge in [0.25, 0.3) is 10.0 Å². The van der Waals surface area contributed by atoms with Gasteiger partial charge in [0.2, 0.25) is 5.91 Å². The van der Waals surface area contributed by atoms with Crippen LogP contribution in [0.3, 0.4) is 0 Å². The highest BCUT2D eigenvalue weighted by atomic mass is 35.5. The number of aryl methyl sites for hydroxylation is 1. The maximum atomic E-state index is 13.7. The first-order chi connectivity index (χ1) is 13.8. The second-order valence-corrected chi connectivity index (χ2v) is 8.34. The van der Waals surface area contributed by atoms with Gasteiger partial charge in [-0.1, -0.05) is 41.9 Å². The summed E-state index contributed by atoms with van der Waals surface area (Å²) in [5, 5.41) is 3.32. The monoisotopic (exact) mass is 432 g/mol. The summed E-state index contributed by atoms with van der Waals surface area (Å²) in [5.74, 6) is -0.886. The van der Waals surface area contributed by atoms with Gasteiger partial charge in [0.1, 0.15) is 5.82 Å². The quantitative estimate of drug-likeness (QED) is 0.560. The second-order valence-electron chi connectivity index (χ2n) is 6.25. The van der Waals surface area contributed by atoms with E-state index >= 15 is 0 Å². The molecule has 0 aliphatic carbocycles. The Kier molecular flexibility index (Phi) is 6.51. The molecule has 0 fully saturated rings. The van der Waals surface area contributed by atoms with Gasteiger partial charge >= 0.3 is 0 Å². The third-order valence-corrected chi connectivity index (χ3v) is 5.90. The van der Waals surface area contributed by atoms with E-state index in [9.17, 15) is 17.6 Å². The van der Waals surface area contributed by atoms with Crippen molar-refractivity contribution in [3.63, 3.8) is 0 Å². The molecular weight excluding hydrogens is 415 g/mol. The van der Waals surface area contributed by atoms with Crippen LogP contribution in [-0.2, 0) is 21.2 Å². The molecule has 0 spiro atoms. The maximum absolute atomic E-state index is 13.7. The average molecular weight is 433 g/mol. The molecule has 0 bridgehead atoms. The lowest BCUT2D eigenvalue weighted by atomic mass is 10.1. The first-order valence-corrected chi connectivity index (χ1v) is 10.6. The minimum atomic E-state index is -3.95. The van der Waals surface area contributed by atoms with Crippen molar-refractivity contribution in [1.82, 2.24) is 0 Å². The summed E-state index contributed by atoms with van der Waals surface area (Å²) in [5.41, 5.74) is 1.20.